The third-order valence-corrected chi connectivity index (χ3v) is 6.54. The zero-order valence-corrected chi connectivity index (χ0v) is 19.4. The van der Waals surface area contributed by atoms with Crippen LogP contribution in [-0.4, -0.2) is 13.8 Å². The average molecular weight is 463 g/mol. The molecule has 1 aromatic heterocycles. The summed E-state index contributed by atoms with van der Waals surface area (Å²) in [6.07, 6.45) is 0.519. The van der Waals surface area contributed by atoms with Crippen LogP contribution >= 0.6 is 11.6 Å². The number of hydrogen-bond acceptors (Lipinski definition) is 4. The highest BCUT2D eigenvalue weighted by atomic mass is 35.5. The lowest BCUT2D eigenvalue weighted by Crippen LogP contribution is -3.10. The summed E-state index contributed by atoms with van der Waals surface area (Å²) in [5, 5.41) is 1.40. The molecule has 0 saturated heterocycles. The maximum absolute atomic E-state index is 13.0. The Bertz CT molecular complexity index is 1360. The van der Waals surface area contributed by atoms with Gasteiger partial charge in [-0.15, -0.1) is 0 Å². The number of ether oxygens (including phenoxy) is 2. The molecule has 0 saturated carbocycles. The molecular weight excluding hydrogens is 438 g/mol. The van der Waals surface area contributed by atoms with Gasteiger partial charge in [0.05, 0.1) is 17.7 Å². The van der Waals surface area contributed by atoms with Crippen molar-refractivity contribution >= 4 is 22.6 Å². The lowest BCUT2D eigenvalue weighted by molar-refractivity contribution is -0.945. The van der Waals surface area contributed by atoms with Gasteiger partial charge in [-0.2, -0.15) is 0 Å². The molecule has 3 aromatic carbocycles. The molecule has 5 nitrogen and oxygen atoms in total. The number of benzene rings is 3. The van der Waals surface area contributed by atoms with Crippen molar-refractivity contribution in [2.75, 3.05) is 13.8 Å². The topological polar surface area (TPSA) is 53.1 Å². The van der Waals surface area contributed by atoms with Crippen LogP contribution < -0.4 is 20.0 Å². The number of nitrogens with one attached hydrogen (secondary N) is 1. The van der Waals surface area contributed by atoms with Gasteiger partial charge in [0.15, 0.2) is 11.3 Å². The molecule has 0 spiro atoms. The molecule has 6 heteroatoms. The van der Waals surface area contributed by atoms with E-state index < -0.39 is 0 Å². The fourth-order valence-electron chi connectivity index (χ4n) is 4.47. The Morgan fingerprint density at radius 1 is 1.06 bits per heavy atom. The van der Waals surface area contributed by atoms with Gasteiger partial charge in [0.2, 0.25) is 6.73 Å². The van der Waals surface area contributed by atoms with Gasteiger partial charge in [0, 0.05) is 22.9 Å². The van der Waals surface area contributed by atoms with Gasteiger partial charge in [0.25, 0.3) is 0 Å². The van der Waals surface area contributed by atoms with E-state index in [9.17, 15) is 4.79 Å². The SMILES string of the molecule is COc1ccc(C[NH+]2COc3c(Cl)cc4c(C)c(Cc5ccccc5)c(=O)oc4c3C2)cc1. The highest BCUT2D eigenvalue weighted by Gasteiger charge is 2.28. The predicted octanol–water partition coefficient (Wildman–Crippen LogP) is 4.29. The van der Waals surface area contributed by atoms with E-state index in [1.54, 1.807) is 7.11 Å². The van der Waals surface area contributed by atoms with Crippen LogP contribution in [0.4, 0.5) is 0 Å². The first-order valence-corrected chi connectivity index (χ1v) is 11.3. The molecule has 4 aromatic rings. The summed E-state index contributed by atoms with van der Waals surface area (Å²) in [5.41, 5.74) is 4.90. The fourth-order valence-corrected chi connectivity index (χ4v) is 4.75. The number of hydrogen-bond donors (Lipinski definition) is 1. The minimum absolute atomic E-state index is 0.310. The second-order valence-electron chi connectivity index (χ2n) is 8.44. The summed E-state index contributed by atoms with van der Waals surface area (Å²) < 4.78 is 17.2. The third-order valence-electron chi connectivity index (χ3n) is 6.26. The molecule has 33 heavy (non-hydrogen) atoms. The first-order chi connectivity index (χ1) is 16.0. The Hall–Kier alpha value is -3.28. The van der Waals surface area contributed by atoms with Gasteiger partial charge in [-0.1, -0.05) is 41.9 Å². The van der Waals surface area contributed by atoms with Crippen LogP contribution in [0, 0.1) is 6.92 Å². The fraction of sp³-hybridized carbons (Fsp3) is 0.222. The summed E-state index contributed by atoms with van der Waals surface area (Å²) in [6, 6.07) is 19.8. The van der Waals surface area contributed by atoms with Crippen LogP contribution in [0.25, 0.3) is 11.0 Å². The third kappa shape index (κ3) is 4.22. The van der Waals surface area contributed by atoms with Crippen LogP contribution in [0.1, 0.15) is 27.8 Å². The number of methoxy groups -OCH3 is 1. The second-order valence-corrected chi connectivity index (χ2v) is 8.85. The molecule has 2 heterocycles. The molecule has 5 rings (SSSR count). The van der Waals surface area contributed by atoms with Crippen molar-refractivity contribution in [3.63, 3.8) is 0 Å². The molecule has 0 aliphatic carbocycles. The number of rotatable bonds is 5. The van der Waals surface area contributed by atoms with E-state index >= 15 is 0 Å². The van der Waals surface area contributed by atoms with E-state index in [0.29, 0.717) is 41.6 Å². The maximum atomic E-state index is 13.0. The van der Waals surface area contributed by atoms with Crippen LogP contribution in [0.5, 0.6) is 11.5 Å². The van der Waals surface area contributed by atoms with Crippen molar-refractivity contribution in [3.05, 3.63) is 104 Å². The molecule has 1 N–H and O–H groups in total. The van der Waals surface area contributed by atoms with Crippen molar-refractivity contribution in [1.29, 1.82) is 0 Å². The van der Waals surface area contributed by atoms with E-state index in [4.69, 9.17) is 25.5 Å². The Morgan fingerprint density at radius 2 is 1.82 bits per heavy atom. The van der Waals surface area contributed by atoms with E-state index in [0.717, 1.165) is 34.4 Å². The minimum Gasteiger partial charge on any atom is -0.497 e. The van der Waals surface area contributed by atoms with E-state index in [2.05, 4.69) is 12.1 Å². The first-order valence-electron chi connectivity index (χ1n) is 10.9. The van der Waals surface area contributed by atoms with Gasteiger partial charge in [-0.05, 0) is 48.4 Å². The summed E-state index contributed by atoms with van der Waals surface area (Å²) in [4.78, 5) is 14.2. The van der Waals surface area contributed by atoms with Crippen molar-refractivity contribution < 1.29 is 18.8 Å². The van der Waals surface area contributed by atoms with Gasteiger partial charge in [0.1, 0.15) is 18.8 Å². The Labute approximate surface area is 197 Å². The highest BCUT2D eigenvalue weighted by molar-refractivity contribution is 6.33. The van der Waals surface area contributed by atoms with Gasteiger partial charge in [-0.3, -0.25) is 4.90 Å². The highest BCUT2D eigenvalue weighted by Crippen LogP contribution is 2.37. The summed E-state index contributed by atoms with van der Waals surface area (Å²) in [6.45, 7) is 3.87. The second kappa shape index (κ2) is 8.93. The standard InChI is InChI=1S/C27H24ClNO4/c1-17-21-13-24(28)26-23(15-29(16-32-26)14-19-8-10-20(31-2)11-9-19)25(21)33-27(30)22(17)12-18-6-4-3-5-7-18/h3-11,13H,12,14-16H2,1-2H3/p+1. The van der Waals surface area contributed by atoms with Crippen LogP contribution in [0.3, 0.4) is 0 Å². The van der Waals surface area contributed by atoms with Crippen molar-refractivity contribution in [2.45, 2.75) is 26.4 Å². The lowest BCUT2D eigenvalue weighted by atomic mass is 9.97. The van der Waals surface area contributed by atoms with Gasteiger partial charge >= 0.3 is 5.63 Å². The number of halogens is 1. The molecule has 1 unspecified atom stereocenters. The lowest BCUT2D eigenvalue weighted by Gasteiger charge is -2.27. The van der Waals surface area contributed by atoms with Crippen molar-refractivity contribution in [3.8, 4) is 11.5 Å². The van der Waals surface area contributed by atoms with E-state index in [-0.39, 0.29) is 5.63 Å². The van der Waals surface area contributed by atoms with Crippen LogP contribution in [-0.2, 0) is 19.5 Å². The molecule has 0 bridgehead atoms. The zero-order valence-electron chi connectivity index (χ0n) is 18.6. The molecular formula is C27H25ClNO4+. The Morgan fingerprint density at radius 3 is 2.55 bits per heavy atom. The first kappa shape index (κ1) is 21.6. The minimum atomic E-state index is -0.310. The summed E-state index contributed by atoms with van der Waals surface area (Å²) in [5.74, 6) is 1.44. The summed E-state index contributed by atoms with van der Waals surface area (Å²) >= 11 is 6.62. The average Bonchev–Trinajstić information content (AvgIpc) is 2.84. The zero-order chi connectivity index (χ0) is 22.9. The Balaban J connectivity index is 1.51. The maximum Gasteiger partial charge on any atom is 0.340 e. The quantitative estimate of drug-likeness (QED) is 0.449. The molecule has 1 aliphatic heterocycles. The number of fused-ring (bicyclic) bond motifs is 3. The summed E-state index contributed by atoms with van der Waals surface area (Å²) in [7, 11) is 1.66. The monoisotopic (exact) mass is 462 g/mol. The van der Waals surface area contributed by atoms with Crippen molar-refractivity contribution in [2.24, 2.45) is 0 Å². The normalized spacial score (nSPS) is 15.2. The van der Waals surface area contributed by atoms with Crippen molar-refractivity contribution in [1.82, 2.24) is 0 Å². The molecule has 0 amide bonds. The largest absolute Gasteiger partial charge is 0.497 e. The van der Waals surface area contributed by atoms with Crippen LogP contribution in [0.2, 0.25) is 5.02 Å². The molecule has 1 atom stereocenters. The molecule has 0 fully saturated rings. The molecule has 0 radical (unpaired) electrons. The molecule has 1 aliphatic rings. The van der Waals surface area contributed by atoms with Gasteiger partial charge < -0.3 is 13.9 Å². The molecule has 168 valence electrons. The number of quaternary nitrogens is 1. The smallest absolute Gasteiger partial charge is 0.340 e. The Kier molecular flexibility index (Phi) is 5.83. The predicted molar refractivity (Wildman–Crippen MR) is 128 cm³/mol. The van der Waals surface area contributed by atoms with E-state index in [1.807, 2.05) is 55.5 Å². The number of aryl methyl sites for hydroxylation is 1. The van der Waals surface area contributed by atoms with Crippen LogP contribution in [0.15, 0.2) is 69.9 Å². The van der Waals surface area contributed by atoms with E-state index in [1.165, 1.54) is 10.5 Å². The van der Waals surface area contributed by atoms with Gasteiger partial charge in [-0.25, -0.2) is 4.79 Å².